The summed E-state index contributed by atoms with van der Waals surface area (Å²) in [5.41, 5.74) is 14.6. The van der Waals surface area contributed by atoms with Crippen molar-refractivity contribution in [2.24, 2.45) is 15.9 Å². The van der Waals surface area contributed by atoms with Crippen LogP contribution in [0.25, 0.3) is 88.2 Å². The lowest BCUT2D eigenvalue weighted by Crippen LogP contribution is -2.17. The van der Waals surface area contributed by atoms with Crippen LogP contribution in [0.2, 0.25) is 0 Å². The second kappa shape index (κ2) is 15.1. The molecular weight excluding hydrogens is 767 g/mol. The molecule has 0 bridgehead atoms. The smallest absolute Gasteiger partial charge is 0.160 e. The average Bonchev–Trinajstić information content (AvgIpc) is 3.87. The van der Waals surface area contributed by atoms with Crippen LogP contribution in [0.5, 0.6) is 0 Å². The summed E-state index contributed by atoms with van der Waals surface area (Å²) in [5.74, 6) is 0.755. The molecule has 11 aromatic rings. The van der Waals surface area contributed by atoms with Gasteiger partial charge in [0.25, 0.3) is 0 Å². The van der Waals surface area contributed by atoms with Gasteiger partial charge in [-0.1, -0.05) is 177 Å². The van der Waals surface area contributed by atoms with Crippen LogP contribution in [0.15, 0.2) is 227 Å². The van der Waals surface area contributed by atoms with E-state index in [-0.39, 0.29) is 5.92 Å². The van der Waals surface area contributed by atoms with Crippen molar-refractivity contribution in [2.45, 2.75) is 13.3 Å². The zero-order chi connectivity index (χ0) is 41.9. The summed E-state index contributed by atoms with van der Waals surface area (Å²) in [6.07, 6.45) is 3.07. The van der Waals surface area contributed by atoms with Gasteiger partial charge < -0.3 is 8.98 Å². The van der Waals surface area contributed by atoms with E-state index in [9.17, 15) is 0 Å². The van der Waals surface area contributed by atoms with Crippen molar-refractivity contribution in [3.05, 3.63) is 229 Å². The quantitative estimate of drug-likeness (QED) is 0.165. The van der Waals surface area contributed by atoms with Crippen molar-refractivity contribution in [1.29, 1.82) is 0 Å². The predicted octanol–water partition coefficient (Wildman–Crippen LogP) is 15.5. The fourth-order valence-corrected chi connectivity index (χ4v) is 9.45. The minimum Gasteiger partial charge on any atom is -0.456 e. The first-order valence-electron chi connectivity index (χ1n) is 21.7. The lowest BCUT2D eigenvalue weighted by molar-refractivity contribution is 0.668. The molecule has 0 aliphatic carbocycles. The molecule has 12 rings (SSSR count). The predicted molar refractivity (Wildman–Crippen MR) is 264 cm³/mol. The molecule has 298 valence electrons. The summed E-state index contributed by atoms with van der Waals surface area (Å²) < 4.78 is 9.05. The molecule has 0 radical (unpaired) electrons. The van der Waals surface area contributed by atoms with E-state index < -0.39 is 0 Å². The number of allylic oxidation sites excluding steroid dienone is 1. The molecule has 0 fully saturated rings. The minimum atomic E-state index is 0.0849. The molecule has 3 heterocycles. The van der Waals surface area contributed by atoms with Crippen LogP contribution < -0.4 is 0 Å². The molecule has 0 spiro atoms. The standard InChI is InChI=1S/C59H41N3O/c1-38-27-32-52(60-59(42-30-28-41(29-31-42)39-15-4-2-5-16-39)61-58(38)46-22-14-21-43(33-46)40-17-6-3-7-18-40)51-36-50-48-24-11-13-26-56(48)63-57(50)37-55(51)62-53-25-12-10-23-47(53)49-34-44-19-8-9-20-45(44)35-54(49)62/h2-26,28-38H,27H2,1H3/b52-32+,60-59-,61-58+. The minimum absolute atomic E-state index is 0.0849. The highest BCUT2D eigenvalue weighted by Crippen LogP contribution is 2.41. The number of nitrogens with zero attached hydrogens (tertiary/aromatic N) is 3. The van der Waals surface area contributed by atoms with Gasteiger partial charge in [-0.25, -0.2) is 9.98 Å². The fourth-order valence-electron chi connectivity index (χ4n) is 9.45. The number of hydrogen-bond donors (Lipinski definition) is 0. The zero-order valence-corrected chi connectivity index (χ0v) is 34.7. The third-order valence-electron chi connectivity index (χ3n) is 12.7. The Hall–Kier alpha value is -8.08. The number of furan rings is 1. The number of rotatable bonds is 6. The third-order valence-corrected chi connectivity index (χ3v) is 12.7. The Kier molecular flexibility index (Phi) is 8.82. The molecule has 1 aliphatic rings. The van der Waals surface area contributed by atoms with E-state index in [1.54, 1.807) is 0 Å². The van der Waals surface area contributed by atoms with Crippen LogP contribution in [-0.2, 0) is 0 Å². The lowest BCUT2D eigenvalue weighted by atomic mass is 9.91. The van der Waals surface area contributed by atoms with Gasteiger partial charge in [0.05, 0.1) is 28.1 Å². The van der Waals surface area contributed by atoms with Gasteiger partial charge in [-0.2, -0.15) is 0 Å². The van der Waals surface area contributed by atoms with Crippen LogP contribution in [0, 0.1) is 5.92 Å². The first-order chi connectivity index (χ1) is 31.1. The van der Waals surface area contributed by atoms with Gasteiger partial charge in [0.1, 0.15) is 11.2 Å². The van der Waals surface area contributed by atoms with Gasteiger partial charge in [0.15, 0.2) is 5.84 Å². The monoisotopic (exact) mass is 807 g/mol. The molecule has 1 aliphatic heterocycles. The largest absolute Gasteiger partial charge is 0.456 e. The number of aromatic nitrogens is 1. The molecule has 9 aromatic carbocycles. The van der Waals surface area contributed by atoms with Crippen LogP contribution in [-0.4, -0.2) is 16.1 Å². The summed E-state index contributed by atoms with van der Waals surface area (Å²) >= 11 is 0. The first kappa shape index (κ1) is 36.7. The van der Waals surface area contributed by atoms with Crippen molar-refractivity contribution in [2.75, 3.05) is 0 Å². The lowest BCUT2D eigenvalue weighted by Gasteiger charge is -2.20. The Bertz CT molecular complexity index is 3640. The van der Waals surface area contributed by atoms with Crippen LogP contribution in [0.1, 0.15) is 30.0 Å². The number of hydrogen-bond acceptors (Lipinski definition) is 3. The molecule has 1 unspecified atom stereocenters. The molecule has 0 N–H and O–H groups in total. The Balaban J connectivity index is 1.11. The van der Waals surface area contributed by atoms with Crippen molar-refractivity contribution < 1.29 is 4.42 Å². The summed E-state index contributed by atoms with van der Waals surface area (Å²) in [6.45, 7) is 2.29. The summed E-state index contributed by atoms with van der Waals surface area (Å²) in [6, 6.07) is 73.4. The van der Waals surface area contributed by atoms with Gasteiger partial charge in [-0.05, 0) is 81.4 Å². The van der Waals surface area contributed by atoms with Gasteiger partial charge in [-0.3, -0.25) is 0 Å². The number of para-hydroxylation sites is 2. The van der Waals surface area contributed by atoms with Crippen molar-refractivity contribution in [3.8, 4) is 27.9 Å². The van der Waals surface area contributed by atoms with Crippen molar-refractivity contribution >= 4 is 71.8 Å². The summed E-state index contributed by atoms with van der Waals surface area (Å²) in [7, 11) is 0. The Labute approximate surface area is 365 Å². The maximum atomic E-state index is 6.64. The van der Waals surface area contributed by atoms with Gasteiger partial charge >= 0.3 is 0 Å². The second-order valence-electron chi connectivity index (χ2n) is 16.6. The summed E-state index contributed by atoms with van der Waals surface area (Å²) in [4.78, 5) is 11.3. The molecule has 4 heteroatoms. The van der Waals surface area contributed by atoms with E-state index in [0.29, 0.717) is 5.84 Å². The highest BCUT2D eigenvalue weighted by Gasteiger charge is 2.24. The normalized spacial score (nSPS) is 17.0. The van der Waals surface area contributed by atoms with Gasteiger partial charge in [-0.15, -0.1) is 0 Å². The van der Waals surface area contributed by atoms with E-state index >= 15 is 0 Å². The Morgan fingerprint density at radius 3 is 1.86 bits per heavy atom. The second-order valence-corrected chi connectivity index (χ2v) is 16.6. The van der Waals surface area contributed by atoms with Crippen LogP contribution in [0.4, 0.5) is 0 Å². The number of benzene rings is 9. The van der Waals surface area contributed by atoms with E-state index in [2.05, 4.69) is 218 Å². The topological polar surface area (TPSA) is 42.8 Å². The van der Waals surface area contributed by atoms with E-state index in [1.165, 1.54) is 32.7 Å². The number of fused-ring (bicyclic) bond motifs is 7. The average molecular weight is 808 g/mol. The molecule has 0 saturated heterocycles. The van der Waals surface area contributed by atoms with Crippen molar-refractivity contribution in [3.63, 3.8) is 0 Å². The Morgan fingerprint density at radius 1 is 0.444 bits per heavy atom. The molecule has 4 nitrogen and oxygen atoms in total. The summed E-state index contributed by atoms with van der Waals surface area (Å²) in [5, 5.41) is 6.94. The van der Waals surface area contributed by atoms with Gasteiger partial charge in [0, 0.05) is 44.7 Å². The molecule has 2 aromatic heterocycles. The molecule has 0 saturated carbocycles. The number of amidine groups is 1. The molecule has 1 atom stereocenters. The SMILES string of the molecule is CC1C/C=C(c2cc3c(cc2-n2c4ccccc4c4cc5ccccc5cc42)oc2ccccc23)/N=C(c2ccc(-c3ccccc3)cc2)\N=C/1c1cccc(-c2ccccc2)c1. The maximum absolute atomic E-state index is 6.64. The zero-order valence-electron chi connectivity index (χ0n) is 34.7. The first-order valence-corrected chi connectivity index (χ1v) is 21.7. The molecule has 0 amide bonds. The third kappa shape index (κ3) is 6.47. The Morgan fingerprint density at radius 2 is 1.06 bits per heavy atom. The fraction of sp³-hybridized carbons (Fsp3) is 0.0508. The number of aliphatic imine (C=N–C) groups is 2. The molecule has 63 heavy (non-hydrogen) atoms. The molecular formula is C59H41N3O. The van der Waals surface area contributed by atoms with Crippen LogP contribution >= 0.6 is 0 Å². The van der Waals surface area contributed by atoms with E-state index in [4.69, 9.17) is 14.4 Å². The highest BCUT2D eigenvalue weighted by molar-refractivity contribution is 6.17. The van der Waals surface area contributed by atoms with E-state index in [1.807, 2.05) is 6.07 Å². The maximum Gasteiger partial charge on any atom is 0.160 e. The van der Waals surface area contributed by atoms with Crippen molar-refractivity contribution in [1.82, 2.24) is 4.57 Å². The van der Waals surface area contributed by atoms with E-state index in [0.717, 1.165) is 84.3 Å². The van der Waals surface area contributed by atoms with Gasteiger partial charge in [0.2, 0.25) is 0 Å². The highest BCUT2D eigenvalue weighted by atomic mass is 16.3. The van der Waals surface area contributed by atoms with Crippen LogP contribution in [0.3, 0.4) is 0 Å².